The summed E-state index contributed by atoms with van der Waals surface area (Å²) in [6.45, 7) is 13.5. The number of aromatic nitrogens is 4. The van der Waals surface area contributed by atoms with Crippen molar-refractivity contribution in [1.29, 1.82) is 0 Å². The van der Waals surface area contributed by atoms with Crippen molar-refractivity contribution in [2.45, 2.75) is 128 Å². The summed E-state index contributed by atoms with van der Waals surface area (Å²) in [5, 5.41) is 17.3. The molecule has 2 amide bonds. The van der Waals surface area contributed by atoms with E-state index >= 15 is 0 Å². The van der Waals surface area contributed by atoms with Gasteiger partial charge in [0.2, 0.25) is 5.91 Å². The average Bonchev–Trinajstić information content (AvgIpc) is 3.78. The maximum absolute atomic E-state index is 14.1. The minimum absolute atomic E-state index is 0.0831. The zero-order valence-electron chi connectivity index (χ0n) is 42.6. The Labute approximate surface area is 436 Å². The zero-order valence-corrected chi connectivity index (χ0v) is 44.3. The first-order chi connectivity index (χ1) is 35.6. The van der Waals surface area contributed by atoms with Crippen LogP contribution < -0.4 is 30.1 Å². The summed E-state index contributed by atoms with van der Waals surface area (Å²) in [7, 11) is -3.05. The Morgan fingerprint density at radius 1 is 0.959 bits per heavy atom. The van der Waals surface area contributed by atoms with Gasteiger partial charge in [-0.1, -0.05) is 6.58 Å². The van der Waals surface area contributed by atoms with Gasteiger partial charge in [0.15, 0.2) is 5.82 Å². The Bertz CT molecular complexity index is 2980. The highest BCUT2D eigenvalue weighted by Crippen LogP contribution is 2.49. The fourth-order valence-electron chi connectivity index (χ4n) is 12.1. The normalized spacial score (nSPS) is 23.5. The van der Waals surface area contributed by atoms with Crippen LogP contribution in [0.4, 0.5) is 34.4 Å². The summed E-state index contributed by atoms with van der Waals surface area (Å²) in [6, 6.07) is 12.7. The molecule has 1 aromatic carbocycles. The number of rotatable bonds is 14. The molecule has 5 aliphatic rings. The Balaban J connectivity index is 0.813. The summed E-state index contributed by atoms with van der Waals surface area (Å²) in [4.78, 5) is 76.1. The fraction of sp³-hybridized carbons (Fsp3) is 0.481. The number of phosphoric acid groups is 1. The van der Waals surface area contributed by atoms with Gasteiger partial charge >= 0.3 is 7.82 Å². The van der Waals surface area contributed by atoms with E-state index in [1.54, 1.807) is 41.6 Å². The number of aryl methyl sites for hydroxylation is 1. The van der Waals surface area contributed by atoms with Gasteiger partial charge < -0.3 is 40.1 Å². The molecule has 18 nitrogen and oxygen atoms in total. The van der Waals surface area contributed by atoms with Crippen molar-refractivity contribution >= 4 is 65.4 Å². The van der Waals surface area contributed by atoms with Gasteiger partial charge in [-0.25, -0.2) is 19.5 Å². The second kappa shape index (κ2) is 21.4. The van der Waals surface area contributed by atoms with Crippen LogP contribution in [0.2, 0.25) is 0 Å². The minimum Gasteiger partial charge on any atom is -0.478 e. The number of pyridine rings is 2. The molecule has 5 N–H and O–H groups in total. The first-order valence-electron chi connectivity index (χ1n) is 25.9. The average molecular weight is 1050 g/mol. The number of piperazine rings is 1. The van der Waals surface area contributed by atoms with Crippen LogP contribution in [0.25, 0.3) is 11.3 Å². The summed E-state index contributed by atoms with van der Waals surface area (Å²) < 4.78 is 22.4. The van der Waals surface area contributed by atoms with E-state index in [2.05, 4.69) is 67.9 Å². The number of aliphatic hydroxyl groups excluding tert-OH is 1. The topological polar surface area (TPSA) is 219 Å². The molecule has 5 aromatic rings. The number of anilines is 6. The number of nitrogens with one attached hydrogen (secondary N) is 2. The molecule has 2 aliphatic carbocycles. The highest BCUT2D eigenvalue weighted by atomic mass is 32.1. The number of methoxy groups -OCH3 is 1. The van der Waals surface area contributed by atoms with Crippen LogP contribution in [0.1, 0.15) is 115 Å². The number of amides is 2. The summed E-state index contributed by atoms with van der Waals surface area (Å²) in [6.07, 6.45) is 16.1. The number of carbonyl (C=O) groups excluding carboxylic acids is 2. The molecule has 20 heteroatoms. The zero-order chi connectivity index (χ0) is 51.9. The number of thiophene rings is 1. The third-order valence-electron chi connectivity index (χ3n) is 15.9. The molecular formula is C54H67N10O8PS. The molecule has 1 unspecified atom stereocenters. The number of hydrogen-bond donors (Lipinski definition) is 5. The van der Waals surface area contributed by atoms with Gasteiger partial charge in [-0.15, -0.1) is 11.3 Å². The van der Waals surface area contributed by atoms with Gasteiger partial charge in [0.25, 0.3) is 11.8 Å². The standard InChI is InChI=1S/C54H67N10O8PS/c1-6-48(66)59-44-28-36(58-50-52(71-5)57-30-45(60-50)39-16-22-56-51(42(39)32-65)64-24-18-41-40-9-7-8-10-47(40)74-49(41)53(64)67)11-12-46(44)63-26-25-61(31-34(63)3)37-17-23-62(33(2)27-37)38-15-21-55-43(29-38)35-13-19-54(4,20-14-35)72-73(68,69)70/h6,11-12,15-16,21-22,28-30,33-35,37,65H,1,7-10,13-14,17-20,23-27,31-32H2,2-5H3,(H,58,60)(H,59,66)(H2,68,69,70)/t33-,34+,35?,37?,54?/m1/s1. The van der Waals surface area contributed by atoms with E-state index in [9.17, 15) is 29.0 Å². The van der Waals surface area contributed by atoms with Crippen LogP contribution in [-0.4, -0.2) is 115 Å². The van der Waals surface area contributed by atoms with Crippen LogP contribution in [0, 0.1) is 0 Å². The molecule has 2 saturated heterocycles. The Hall–Kier alpha value is -5.79. The monoisotopic (exact) mass is 1050 g/mol. The van der Waals surface area contributed by atoms with Crippen molar-refractivity contribution in [3.63, 3.8) is 0 Å². The lowest BCUT2D eigenvalue weighted by Gasteiger charge is -2.48. The molecule has 0 spiro atoms. The van der Waals surface area contributed by atoms with Gasteiger partial charge in [-0.2, -0.15) is 0 Å². The van der Waals surface area contributed by atoms with Crippen molar-refractivity contribution in [3.05, 3.63) is 99.8 Å². The van der Waals surface area contributed by atoms with Gasteiger partial charge in [-0.05, 0) is 145 Å². The van der Waals surface area contributed by atoms with Gasteiger partial charge in [0.1, 0.15) is 5.82 Å². The third-order valence-corrected chi connectivity index (χ3v) is 17.9. The van der Waals surface area contributed by atoms with E-state index in [0.717, 1.165) is 106 Å². The first kappa shape index (κ1) is 51.7. The summed E-state index contributed by atoms with van der Waals surface area (Å²) >= 11 is 1.61. The first-order valence-corrected chi connectivity index (χ1v) is 28.3. The fourth-order valence-corrected chi connectivity index (χ4v) is 14.3. The SMILES string of the molecule is C=CC(=O)Nc1cc(Nc2nc(-c3ccnc(N4CCc5c(sc6c5CCCC6)C4=O)c3CO)cnc2OC)ccc1N1CCN(C2CCN(c3ccnc(C4CCC(C)(OP(=O)(O)O)CC4)c3)[C@H](C)C2)C[C@@H]1C. The number of piperidine rings is 1. The molecule has 3 aliphatic heterocycles. The lowest BCUT2D eigenvalue weighted by Crippen LogP contribution is -2.58. The summed E-state index contributed by atoms with van der Waals surface area (Å²) in [5.74, 6) is 0.760. The minimum atomic E-state index is -4.57. The number of aliphatic hydroxyl groups is 1. The largest absolute Gasteiger partial charge is 0.478 e. The molecule has 74 heavy (non-hydrogen) atoms. The molecule has 4 aromatic heterocycles. The van der Waals surface area contributed by atoms with Crippen molar-refractivity contribution in [3.8, 4) is 17.1 Å². The number of hydrogen-bond acceptors (Lipinski definition) is 15. The van der Waals surface area contributed by atoms with Crippen molar-refractivity contribution in [1.82, 2.24) is 24.8 Å². The lowest BCUT2D eigenvalue weighted by molar-refractivity contribution is -0.111. The predicted octanol–water partition coefficient (Wildman–Crippen LogP) is 8.54. The molecule has 0 radical (unpaired) electrons. The smallest absolute Gasteiger partial charge is 0.470 e. The molecule has 3 atom stereocenters. The van der Waals surface area contributed by atoms with Crippen LogP contribution in [0.15, 0.2) is 67.6 Å². The predicted molar refractivity (Wildman–Crippen MR) is 288 cm³/mol. The molecule has 1 saturated carbocycles. The Morgan fingerprint density at radius 3 is 2.50 bits per heavy atom. The number of ether oxygens (including phenoxy) is 1. The Morgan fingerprint density at radius 2 is 1.76 bits per heavy atom. The second-order valence-electron chi connectivity index (χ2n) is 20.7. The number of phosphoric ester groups is 1. The van der Waals surface area contributed by atoms with Crippen LogP contribution in [0.5, 0.6) is 5.88 Å². The molecule has 7 heterocycles. The molecule has 3 fully saturated rings. The maximum atomic E-state index is 14.1. The van der Waals surface area contributed by atoms with E-state index in [0.29, 0.717) is 71.3 Å². The van der Waals surface area contributed by atoms with E-state index in [4.69, 9.17) is 19.2 Å². The van der Waals surface area contributed by atoms with Crippen LogP contribution in [-0.2, 0) is 39.8 Å². The lowest BCUT2D eigenvalue weighted by atomic mass is 9.78. The number of carbonyl (C=O) groups is 2. The molecule has 0 bridgehead atoms. The van der Waals surface area contributed by atoms with E-state index < -0.39 is 13.4 Å². The third kappa shape index (κ3) is 10.7. The highest BCUT2D eigenvalue weighted by molar-refractivity contribution is 7.46. The van der Waals surface area contributed by atoms with E-state index in [1.807, 2.05) is 24.4 Å². The van der Waals surface area contributed by atoms with E-state index in [1.165, 1.54) is 29.2 Å². The number of benzene rings is 1. The number of nitrogens with zero attached hydrogens (tertiary/aromatic N) is 8. The highest BCUT2D eigenvalue weighted by Gasteiger charge is 2.40. The van der Waals surface area contributed by atoms with Gasteiger partial charge in [-0.3, -0.25) is 28.9 Å². The number of fused-ring (bicyclic) bond motifs is 3. The molecule has 10 rings (SSSR count). The van der Waals surface area contributed by atoms with Crippen LogP contribution in [0.3, 0.4) is 0 Å². The van der Waals surface area contributed by atoms with E-state index in [-0.39, 0.29) is 36.3 Å². The quantitative estimate of drug-likeness (QED) is 0.0520. The van der Waals surface area contributed by atoms with Crippen molar-refractivity contribution in [2.75, 3.05) is 65.2 Å². The molecular weight excluding hydrogens is 980 g/mol. The molecule has 392 valence electrons. The van der Waals surface area contributed by atoms with Crippen molar-refractivity contribution < 1.29 is 38.3 Å². The van der Waals surface area contributed by atoms with Gasteiger partial charge in [0, 0.05) is 102 Å². The summed E-state index contributed by atoms with van der Waals surface area (Å²) in [5.41, 5.74) is 7.53. The van der Waals surface area contributed by atoms with Crippen molar-refractivity contribution in [2.24, 2.45) is 0 Å². The Kier molecular flexibility index (Phi) is 15.0. The van der Waals surface area contributed by atoms with Crippen LogP contribution >= 0.6 is 19.2 Å². The van der Waals surface area contributed by atoms with Gasteiger partial charge in [0.05, 0.1) is 47.5 Å². The second-order valence-corrected chi connectivity index (χ2v) is 23.0. The maximum Gasteiger partial charge on any atom is 0.470 e.